The first-order chi connectivity index (χ1) is 7.49. The Labute approximate surface area is 99.8 Å². The van der Waals surface area contributed by atoms with Crippen LogP contribution in [-0.2, 0) is 5.54 Å². The zero-order chi connectivity index (χ0) is 11.9. The molecule has 1 aromatic heterocycles. The molecule has 1 aromatic rings. The van der Waals surface area contributed by atoms with E-state index in [0.29, 0.717) is 10.9 Å². The number of hydrogen-bond acceptors (Lipinski definition) is 3. The number of halogens is 3. The van der Waals surface area contributed by atoms with Crippen LogP contribution >= 0.6 is 15.9 Å². The van der Waals surface area contributed by atoms with E-state index in [1.807, 2.05) is 0 Å². The zero-order valence-electron chi connectivity index (χ0n) is 8.33. The summed E-state index contributed by atoms with van der Waals surface area (Å²) in [7, 11) is 0. The van der Waals surface area contributed by atoms with E-state index in [9.17, 15) is 13.9 Å². The van der Waals surface area contributed by atoms with Crippen molar-refractivity contribution in [3.63, 3.8) is 0 Å². The van der Waals surface area contributed by atoms with Crippen LogP contribution in [0.15, 0.2) is 16.7 Å². The third kappa shape index (κ3) is 1.85. The smallest absolute Gasteiger partial charge is 0.218 e. The van der Waals surface area contributed by atoms with E-state index in [4.69, 9.17) is 5.73 Å². The van der Waals surface area contributed by atoms with Gasteiger partial charge < -0.3 is 10.8 Å². The predicted octanol–water partition coefficient (Wildman–Crippen LogP) is 1.49. The Bertz CT molecular complexity index is 418. The van der Waals surface area contributed by atoms with Crippen LogP contribution in [0, 0.1) is 11.9 Å². The first-order valence-electron chi connectivity index (χ1n) is 4.83. The number of alkyl halides is 1. The molecule has 0 saturated heterocycles. The molecular formula is C10H11BrF2N2O. The van der Waals surface area contributed by atoms with Gasteiger partial charge in [0.15, 0.2) is 0 Å². The Morgan fingerprint density at radius 3 is 2.81 bits per heavy atom. The molecule has 88 valence electrons. The molecule has 16 heavy (non-hydrogen) atoms. The molecule has 3 unspecified atom stereocenters. The molecule has 3 atom stereocenters. The van der Waals surface area contributed by atoms with Gasteiger partial charge >= 0.3 is 0 Å². The lowest BCUT2D eigenvalue weighted by Gasteiger charge is -2.26. The fourth-order valence-corrected chi connectivity index (χ4v) is 2.19. The van der Waals surface area contributed by atoms with Crippen molar-refractivity contribution in [1.29, 1.82) is 0 Å². The lowest BCUT2D eigenvalue weighted by molar-refractivity contribution is 0.194. The number of aliphatic hydroxyl groups is 1. The van der Waals surface area contributed by atoms with Crippen molar-refractivity contribution in [3.8, 4) is 0 Å². The van der Waals surface area contributed by atoms with Gasteiger partial charge in [0.1, 0.15) is 6.67 Å². The van der Waals surface area contributed by atoms with E-state index >= 15 is 0 Å². The summed E-state index contributed by atoms with van der Waals surface area (Å²) in [5.41, 5.74) is 4.37. The van der Waals surface area contributed by atoms with Gasteiger partial charge in [-0.2, -0.15) is 4.39 Å². The van der Waals surface area contributed by atoms with Crippen LogP contribution in [0.5, 0.6) is 0 Å². The third-order valence-corrected chi connectivity index (χ3v) is 3.38. The van der Waals surface area contributed by atoms with Gasteiger partial charge in [-0.05, 0) is 28.4 Å². The Morgan fingerprint density at radius 1 is 1.69 bits per heavy atom. The molecule has 1 heterocycles. The maximum atomic E-state index is 13.5. The Balaban J connectivity index is 2.43. The number of hydrogen-bond donors (Lipinski definition) is 2. The summed E-state index contributed by atoms with van der Waals surface area (Å²) < 4.78 is 27.1. The quantitative estimate of drug-likeness (QED) is 0.830. The summed E-state index contributed by atoms with van der Waals surface area (Å²) in [6.45, 7) is -0.927. The minimum Gasteiger partial charge on any atom is -0.393 e. The Morgan fingerprint density at radius 2 is 2.31 bits per heavy atom. The van der Waals surface area contributed by atoms with Crippen LogP contribution in [0.4, 0.5) is 8.78 Å². The standard InChI is InChI=1S/C10H11BrF2N2O/c11-5-1-7(9(13)15-3-5)10(14,4-12)6-2-8(6)16/h1,3,6,8,16H,2,4,14H2. The highest BCUT2D eigenvalue weighted by Gasteiger charge is 2.52. The number of pyridine rings is 1. The number of nitrogens with two attached hydrogens (primary N) is 1. The highest BCUT2D eigenvalue weighted by Crippen LogP contribution is 2.45. The highest BCUT2D eigenvalue weighted by atomic mass is 79.9. The molecule has 6 heteroatoms. The predicted molar refractivity (Wildman–Crippen MR) is 57.8 cm³/mol. The van der Waals surface area contributed by atoms with Gasteiger partial charge in [0.25, 0.3) is 0 Å². The SMILES string of the molecule is NC(CF)(c1cc(Br)cnc1F)C1CC1O. The van der Waals surface area contributed by atoms with Crippen LogP contribution in [0.3, 0.4) is 0 Å². The maximum absolute atomic E-state index is 13.5. The molecule has 2 rings (SSSR count). The molecule has 1 fully saturated rings. The first kappa shape index (κ1) is 11.9. The van der Waals surface area contributed by atoms with Gasteiger partial charge in [-0.25, -0.2) is 9.37 Å². The molecular weight excluding hydrogens is 282 g/mol. The van der Waals surface area contributed by atoms with Crippen molar-refractivity contribution in [3.05, 3.63) is 28.2 Å². The lowest BCUT2D eigenvalue weighted by Crippen LogP contribution is -2.43. The summed E-state index contributed by atoms with van der Waals surface area (Å²) in [6, 6.07) is 1.41. The van der Waals surface area contributed by atoms with Crippen LogP contribution in [0.1, 0.15) is 12.0 Å². The molecule has 3 N–H and O–H groups in total. The number of nitrogens with zero attached hydrogens (tertiary/aromatic N) is 1. The van der Waals surface area contributed by atoms with E-state index in [1.54, 1.807) is 0 Å². The second-order valence-electron chi connectivity index (χ2n) is 4.08. The summed E-state index contributed by atoms with van der Waals surface area (Å²) in [5.74, 6) is -1.23. The van der Waals surface area contributed by atoms with Crippen molar-refractivity contribution in [2.24, 2.45) is 11.7 Å². The molecule has 1 aliphatic rings. The first-order valence-corrected chi connectivity index (χ1v) is 5.62. The van der Waals surface area contributed by atoms with E-state index < -0.39 is 30.2 Å². The normalized spacial score (nSPS) is 27.6. The van der Waals surface area contributed by atoms with E-state index in [2.05, 4.69) is 20.9 Å². The largest absolute Gasteiger partial charge is 0.393 e. The molecule has 0 radical (unpaired) electrons. The van der Waals surface area contributed by atoms with Gasteiger partial charge in [0, 0.05) is 22.2 Å². The van der Waals surface area contributed by atoms with Crippen molar-refractivity contribution in [2.45, 2.75) is 18.1 Å². The average molecular weight is 293 g/mol. The van der Waals surface area contributed by atoms with E-state index in [1.165, 1.54) is 12.3 Å². The Kier molecular flexibility index (Phi) is 2.98. The van der Waals surface area contributed by atoms with E-state index in [-0.39, 0.29) is 5.56 Å². The molecule has 1 aliphatic carbocycles. The van der Waals surface area contributed by atoms with Crippen molar-refractivity contribution < 1.29 is 13.9 Å². The number of aliphatic hydroxyl groups excluding tert-OH is 1. The van der Waals surface area contributed by atoms with Crippen LogP contribution in [-0.4, -0.2) is 22.9 Å². The molecule has 0 amide bonds. The Hall–Kier alpha value is -0.590. The zero-order valence-corrected chi connectivity index (χ0v) is 9.92. The summed E-state index contributed by atoms with van der Waals surface area (Å²) in [6.07, 6.45) is 1.02. The average Bonchev–Trinajstić information content (AvgIpc) is 2.99. The second kappa shape index (κ2) is 4.01. The summed E-state index contributed by atoms with van der Waals surface area (Å²) >= 11 is 3.13. The molecule has 0 spiro atoms. The lowest BCUT2D eigenvalue weighted by atomic mass is 9.88. The topological polar surface area (TPSA) is 59.1 Å². The van der Waals surface area contributed by atoms with Crippen molar-refractivity contribution >= 4 is 15.9 Å². The molecule has 3 nitrogen and oxygen atoms in total. The van der Waals surface area contributed by atoms with Crippen LogP contribution in [0.25, 0.3) is 0 Å². The molecule has 0 bridgehead atoms. The van der Waals surface area contributed by atoms with Crippen molar-refractivity contribution in [2.75, 3.05) is 6.67 Å². The monoisotopic (exact) mass is 292 g/mol. The maximum Gasteiger partial charge on any atom is 0.218 e. The molecule has 0 aliphatic heterocycles. The third-order valence-electron chi connectivity index (χ3n) is 2.95. The molecule has 0 aromatic carbocycles. The number of rotatable bonds is 3. The van der Waals surface area contributed by atoms with Crippen LogP contribution in [0.2, 0.25) is 0 Å². The van der Waals surface area contributed by atoms with Crippen LogP contribution < -0.4 is 5.73 Å². The van der Waals surface area contributed by atoms with Crippen molar-refractivity contribution in [1.82, 2.24) is 4.98 Å². The second-order valence-corrected chi connectivity index (χ2v) is 4.99. The number of aromatic nitrogens is 1. The van der Waals surface area contributed by atoms with Gasteiger partial charge in [-0.3, -0.25) is 0 Å². The van der Waals surface area contributed by atoms with Gasteiger partial charge in [0.2, 0.25) is 5.95 Å². The minimum absolute atomic E-state index is 0.00549. The summed E-state index contributed by atoms with van der Waals surface area (Å²) in [5, 5.41) is 9.31. The molecule has 1 saturated carbocycles. The van der Waals surface area contributed by atoms with Gasteiger partial charge in [-0.1, -0.05) is 0 Å². The fourth-order valence-electron chi connectivity index (χ4n) is 1.86. The van der Waals surface area contributed by atoms with E-state index in [0.717, 1.165) is 0 Å². The van der Waals surface area contributed by atoms with Gasteiger partial charge in [-0.15, -0.1) is 0 Å². The fraction of sp³-hybridized carbons (Fsp3) is 0.500. The summed E-state index contributed by atoms with van der Waals surface area (Å²) in [4.78, 5) is 3.49. The highest BCUT2D eigenvalue weighted by molar-refractivity contribution is 9.10. The minimum atomic E-state index is -1.49. The van der Waals surface area contributed by atoms with Gasteiger partial charge in [0.05, 0.1) is 11.6 Å².